The summed E-state index contributed by atoms with van der Waals surface area (Å²) in [6.07, 6.45) is 0. The van der Waals surface area contributed by atoms with E-state index < -0.39 is 0 Å². The Morgan fingerprint density at radius 3 is 2.67 bits per heavy atom. The van der Waals surface area contributed by atoms with Crippen molar-refractivity contribution in [2.75, 3.05) is 13.6 Å². The summed E-state index contributed by atoms with van der Waals surface area (Å²) in [7, 11) is 1.72. The van der Waals surface area contributed by atoms with E-state index in [0.717, 1.165) is 10.4 Å². The van der Waals surface area contributed by atoms with Gasteiger partial charge < -0.3 is 10.6 Å². The lowest BCUT2D eigenvalue weighted by molar-refractivity contribution is 0.0790. The normalized spacial score (nSPS) is 9.86. The van der Waals surface area contributed by atoms with Gasteiger partial charge in [-0.1, -0.05) is 24.0 Å². The Morgan fingerprint density at radius 1 is 1.29 bits per heavy atom. The summed E-state index contributed by atoms with van der Waals surface area (Å²) in [4.78, 5) is 15.3. The van der Waals surface area contributed by atoms with E-state index in [2.05, 4.69) is 11.8 Å². The fraction of sp³-hybridized carbons (Fsp3) is 0.188. The number of benzene rings is 1. The van der Waals surface area contributed by atoms with Crippen LogP contribution in [-0.2, 0) is 6.54 Å². The second-order valence-electron chi connectivity index (χ2n) is 4.46. The molecule has 108 valence electrons. The van der Waals surface area contributed by atoms with E-state index in [0.29, 0.717) is 18.0 Å². The van der Waals surface area contributed by atoms with Gasteiger partial charge in [0.05, 0.1) is 16.3 Å². The first-order valence-corrected chi connectivity index (χ1v) is 7.20. The Hall–Kier alpha value is -2.16. The third kappa shape index (κ3) is 4.15. The highest BCUT2D eigenvalue weighted by Gasteiger charge is 2.14. The van der Waals surface area contributed by atoms with E-state index in [4.69, 9.17) is 5.73 Å². The maximum Gasteiger partial charge on any atom is 0.264 e. The fourth-order valence-electron chi connectivity index (χ4n) is 1.78. The average molecular weight is 302 g/mol. The van der Waals surface area contributed by atoms with Crippen LogP contribution in [0.3, 0.4) is 0 Å². The summed E-state index contributed by atoms with van der Waals surface area (Å²) in [5.74, 6) is 5.30. The maximum absolute atomic E-state index is 12.9. The van der Waals surface area contributed by atoms with Crippen molar-refractivity contribution in [3.63, 3.8) is 0 Å². The Morgan fingerprint density at radius 2 is 2.00 bits per heavy atom. The molecule has 1 heterocycles. The molecule has 0 atom stereocenters. The molecule has 1 aromatic carbocycles. The summed E-state index contributed by atoms with van der Waals surface area (Å²) < 4.78 is 12.9. The van der Waals surface area contributed by atoms with Crippen molar-refractivity contribution in [3.8, 4) is 11.8 Å². The van der Waals surface area contributed by atoms with Crippen molar-refractivity contribution < 1.29 is 9.18 Å². The van der Waals surface area contributed by atoms with Gasteiger partial charge in [0.1, 0.15) is 5.82 Å². The van der Waals surface area contributed by atoms with Crippen LogP contribution in [0.5, 0.6) is 0 Å². The second-order valence-corrected chi connectivity index (χ2v) is 5.54. The molecule has 0 unspecified atom stereocenters. The number of thiophene rings is 1. The third-order valence-corrected chi connectivity index (χ3v) is 3.80. The molecule has 0 bridgehead atoms. The van der Waals surface area contributed by atoms with Gasteiger partial charge in [0.2, 0.25) is 0 Å². The minimum atomic E-state index is -0.283. The van der Waals surface area contributed by atoms with Crippen LogP contribution in [0.25, 0.3) is 0 Å². The van der Waals surface area contributed by atoms with Gasteiger partial charge in [-0.15, -0.1) is 11.3 Å². The van der Waals surface area contributed by atoms with E-state index >= 15 is 0 Å². The molecule has 0 aliphatic carbocycles. The van der Waals surface area contributed by atoms with Crippen molar-refractivity contribution in [2.24, 2.45) is 5.73 Å². The SMILES string of the molecule is CN(Cc1ccc(F)cc1)C(=O)c1ccc(C#CCN)s1. The molecular weight excluding hydrogens is 287 g/mol. The van der Waals surface area contributed by atoms with Crippen molar-refractivity contribution in [2.45, 2.75) is 6.54 Å². The molecule has 5 heteroatoms. The van der Waals surface area contributed by atoms with Crippen LogP contribution in [0.2, 0.25) is 0 Å². The smallest absolute Gasteiger partial charge is 0.264 e. The van der Waals surface area contributed by atoms with Crippen molar-refractivity contribution >= 4 is 17.2 Å². The molecular formula is C16H15FN2OS. The molecule has 0 saturated heterocycles. The Balaban J connectivity index is 2.05. The van der Waals surface area contributed by atoms with Crippen LogP contribution in [0.4, 0.5) is 4.39 Å². The summed E-state index contributed by atoms with van der Waals surface area (Å²) in [5, 5.41) is 0. The number of hydrogen-bond acceptors (Lipinski definition) is 3. The zero-order valence-electron chi connectivity index (χ0n) is 11.6. The number of rotatable bonds is 3. The lowest BCUT2D eigenvalue weighted by Gasteiger charge is -2.16. The molecule has 21 heavy (non-hydrogen) atoms. The van der Waals surface area contributed by atoms with Crippen LogP contribution in [-0.4, -0.2) is 24.4 Å². The molecule has 2 aromatic rings. The number of carbonyl (C=O) groups excluding carboxylic acids is 1. The van der Waals surface area contributed by atoms with Gasteiger partial charge in [-0.25, -0.2) is 4.39 Å². The molecule has 2 rings (SSSR count). The summed E-state index contributed by atoms with van der Waals surface area (Å²) in [5.41, 5.74) is 6.20. The van der Waals surface area contributed by atoms with E-state index in [1.54, 1.807) is 30.1 Å². The lowest BCUT2D eigenvalue weighted by atomic mass is 10.2. The molecule has 0 aliphatic rings. The molecule has 3 nitrogen and oxygen atoms in total. The molecule has 0 fully saturated rings. The molecule has 2 N–H and O–H groups in total. The number of amides is 1. The first kappa shape index (κ1) is 15.2. The summed E-state index contributed by atoms with van der Waals surface area (Å²) >= 11 is 1.34. The van der Waals surface area contributed by atoms with Gasteiger partial charge in [0, 0.05) is 13.6 Å². The summed E-state index contributed by atoms with van der Waals surface area (Å²) in [6, 6.07) is 9.69. The van der Waals surface area contributed by atoms with E-state index in [1.807, 2.05) is 6.07 Å². The summed E-state index contributed by atoms with van der Waals surface area (Å²) in [6.45, 7) is 0.729. The van der Waals surface area contributed by atoms with Crippen LogP contribution in [0.1, 0.15) is 20.1 Å². The zero-order chi connectivity index (χ0) is 15.2. The Labute approximate surface area is 127 Å². The van der Waals surface area contributed by atoms with Gasteiger partial charge in [-0.2, -0.15) is 0 Å². The van der Waals surface area contributed by atoms with Gasteiger partial charge in [0.25, 0.3) is 5.91 Å². The predicted molar refractivity (Wildman–Crippen MR) is 82.4 cm³/mol. The first-order chi connectivity index (χ1) is 10.1. The minimum absolute atomic E-state index is 0.0786. The number of nitrogens with two attached hydrogens (primary N) is 1. The molecule has 0 aliphatic heterocycles. The van der Waals surface area contributed by atoms with Gasteiger partial charge >= 0.3 is 0 Å². The minimum Gasteiger partial charge on any atom is -0.337 e. The average Bonchev–Trinajstić information content (AvgIpc) is 2.95. The molecule has 0 radical (unpaired) electrons. The van der Waals surface area contributed by atoms with Crippen LogP contribution < -0.4 is 5.73 Å². The van der Waals surface area contributed by atoms with Crippen molar-refractivity contribution in [3.05, 3.63) is 57.5 Å². The largest absolute Gasteiger partial charge is 0.337 e. The molecule has 0 saturated carbocycles. The maximum atomic E-state index is 12.9. The first-order valence-electron chi connectivity index (χ1n) is 6.39. The second kappa shape index (κ2) is 7.02. The zero-order valence-corrected chi connectivity index (χ0v) is 12.4. The number of hydrogen-bond donors (Lipinski definition) is 1. The van der Waals surface area contributed by atoms with E-state index in [9.17, 15) is 9.18 Å². The highest BCUT2D eigenvalue weighted by atomic mass is 32.1. The fourth-order valence-corrected chi connectivity index (χ4v) is 2.66. The Bertz CT molecular complexity index is 682. The third-order valence-electron chi connectivity index (χ3n) is 2.81. The van der Waals surface area contributed by atoms with Crippen LogP contribution in [0.15, 0.2) is 36.4 Å². The number of halogens is 1. The Kier molecular flexibility index (Phi) is 5.09. The highest BCUT2D eigenvalue weighted by molar-refractivity contribution is 7.14. The van der Waals surface area contributed by atoms with Gasteiger partial charge in [0.15, 0.2) is 0 Å². The number of nitrogens with zero attached hydrogens (tertiary/aromatic N) is 1. The highest BCUT2D eigenvalue weighted by Crippen LogP contribution is 2.18. The van der Waals surface area contributed by atoms with Crippen LogP contribution in [0, 0.1) is 17.7 Å². The predicted octanol–water partition coefficient (Wildman–Crippen LogP) is 2.47. The van der Waals surface area contributed by atoms with Gasteiger partial charge in [-0.05, 0) is 29.8 Å². The quantitative estimate of drug-likeness (QED) is 0.885. The van der Waals surface area contributed by atoms with Gasteiger partial charge in [-0.3, -0.25) is 4.79 Å². The van der Waals surface area contributed by atoms with E-state index in [1.165, 1.54) is 23.5 Å². The molecule has 1 aromatic heterocycles. The molecule has 0 spiro atoms. The van der Waals surface area contributed by atoms with E-state index in [-0.39, 0.29) is 11.7 Å². The van der Waals surface area contributed by atoms with Crippen molar-refractivity contribution in [1.82, 2.24) is 4.90 Å². The topological polar surface area (TPSA) is 46.3 Å². The number of carbonyl (C=O) groups is 1. The molecule has 1 amide bonds. The standard InChI is InChI=1S/C16H15FN2OS/c1-19(11-12-4-6-13(17)7-5-12)16(20)15-9-8-14(21-15)3-2-10-18/h4-9H,10-11,18H2,1H3. The lowest BCUT2D eigenvalue weighted by Crippen LogP contribution is -2.25. The van der Waals surface area contributed by atoms with Crippen LogP contribution >= 0.6 is 11.3 Å². The monoisotopic (exact) mass is 302 g/mol. The van der Waals surface area contributed by atoms with Crippen molar-refractivity contribution in [1.29, 1.82) is 0 Å².